The van der Waals surface area contributed by atoms with Gasteiger partial charge in [0, 0.05) is 14.1 Å². The molecule has 0 saturated heterocycles. The van der Waals surface area contributed by atoms with Gasteiger partial charge >= 0.3 is 0 Å². The van der Waals surface area contributed by atoms with Gasteiger partial charge in [0.15, 0.2) is 0 Å². The average molecular weight is 462 g/mol. The maximum absolute atomic E-state index is 12.8. The molecule has 0 bridgehead atoms. The summed E-state index contributed by atoms with van der Waals surface area (Å²) in [6, 6.07) is 7.55. The van der Waals surface area contributed by atoms with Crippen LogP contribution in [0, 0.1) is 13.8 Å². The lowest BCUT2D eigenvalue weighted by Crippen LogP contribution is -2.23. The second kappa shape index (κ2) is 8.03. The van der Waals surface area contributed by atoms with E-state index < -0.39 is 30.1 Å². The Kier molecular flexibility index (Phi) is 6.45. The van der Waals surface area contributed by atoms with E-state index in [1.807, 2.05) is 0 Å². The molecule has 0 aromatic heterocycles. The van der Waals surface area contributed by atoms with Crippen LogP contribution in [0.1, 0.15) is 11.1 Å². The molecule has 29 heavy (non-hydrogen) atoms. The second-order valence-corrected chi connectivity index (χ2v) is 12.2. The van der Waals surface area contributed by atoms with Crippen LogP contribution in [0.2, 0.25) is 0 Å². The van der Waals surface area contributed by atoms with Crippen LogP contribution in [-0.2, 0) is 30.1 Å². The van der Waals surface area contributed by atoms with Crippen molar-refractivity contribution in [1.29, 1.82) is 0 Å². The van der Waals surface area contributed by atoms with E-state index in [2.05, 4.69) is 9.44 Å². The summed E-state index contributed by atoms with van der Waals surface area (Å²) in [6.45, 7) is 3.32. The smallest absolute Gasteiger partial charge is 0.261 e. The standard InChI is InChI=1S/C17H23N3O6S3/c1-12-9-16(29(25,26)20(4)5)11-17(13(12)2)19-28(23,24)15-8-6-7-14(10-15)27(21,22)18-3/h6-11,18-19H,1-5H3. The van der Waals surface area contributed by atoms with Gasteiger partial charge in [-0.2, -0.15) is 0 Å². The molecule has 12 heteroatoms. The van der Waals surface area contributed by atoms with Crippen molar-refractivity contribution < 1.29 is 25.3 Å². The Hall–Kier alpha value is -1.99. The summed E-state index contributed by atoms with van der Waals surface area (Å²) in [5, 5.41) is 0. The van der Waals surface area contributed by atoms with E-state index in [1.54, 1.807) is 13.8 Å². The van der Waals surface area contributed by atoms with Crippen molar-refractivity contribution in [2.45, 2.75) is 28.5 Å². The Balaban J connectivity index is 2.57. The van der Waals surface area contributed by atoms with Crippen LogP contribution in [0.4, 0.5) is 5.69 Å². The minimum atomic E-state index is -4.18. The zero-order valence-electron chi connectivity index (χ0n) is 16.6. The Morgan fingerprint density at radius 1 is 0.793 bits per heavy atom. The maximum atomic E-state index is 12.8. The molecule has 0 fully saturated rings. The molecule has 0 radical (unpaired) electrons. The zero-order valence-corrected chi connectivity index (χ0v) is 19.0. The predicted molar refractivity (Wildman–Crippen MR) is 110 cm³/mol. The van der Waals surface area contributed by atoms with Gasteiger partial charge in [0.2, 0.25) is 20.0 Å². The van der Waals surface area contributed by atoms with Crippen molar-refractivity contribution in [2.75, 3.05) is 25.9 Å². The van der Waals surface area contributed by atoms with Gasteiger partial charge in [-0.15, -0.1) is 0 Å². The van der Waals surface area contributed by atoms with E-state index in [-0.39, 0.29) is 20.4 Å². The van der Waals surface area contributed by atoms with Gasteiger partial charge in [-0.1, -0.05) is 6.07 Å². The van der Waals surface area contributed by atoms with Crippen LogP contribution in [-0.4, -0.2) is 50.7 Å². The number of anilines is 1. The summed E-state index contributed by atoms with van der Waals surface area (Å²) >= 11 is 0. The van der Waals surface area contributed by atoms with Gasteiger partial charge in [-0.3, -0.25) is 4.72 Å². The van der Waals surface area contributed by atoms with E-state index in [4.69, 9.17) is 0 Å². The molecule has 0 amide bonds. The molecule has 0 spiro atoms. The topological polar surface area (TPSA) is 130 Å². The predicted octanol–water partition coefficient (Wildman–Crippen LogP) is 1.26. The molecular formula is C17H23N3O6S3. The number of hydrogen-bond donors (Lipinski definition) is 2. The first-order chi connectivity index (χ1) is 13.2. The van der Waals surface area contributed by atoms with Crippen molar-refractivity contribution in [3.63, 3.8) is 0 Å². The van der Waals surface area contributed by atoms with Crippen LogP contribution < -0.4 is 9.44 Å². The molecule has 2 aromatic carbocycles. The summed E-state index contributed by atoms with van der Waals surface area (Å²) < 4.78 is 80.0. The maximum Gasteiger partial charge on any atom is 0.261 e. The van der Waals surface area contributed by atoms with Crippen LogP contribution >= 0.6 is 0 Å². The molecule has 2 aromatic rings. The van der Waals surface area contributed by atoms with Gasteiger partial charge in [0.25, 0.3) is 10.0 Å². The molecule has 160 valence electrons. The fourth-order valence-corrected chi connectivity index (χ4v) is 5.45. The minimum Gasteiger partial charge on any atom is -0.279 e. The van der Waals surface area contributed by atoms with Crippen molar-refractivity contribution in [3.05, 3.63) is 47.5 Å². The number of nitrogens with one attached hydrogen (secondary N) is 2. The monoisotopic (exact) mass is 461 g/mol. The number of aryl methyl sites for hydroxylation is 1. The molecule has 2 rings (SSSR count). The van der Waals surface area contributed by atoms with Gasteiger partial charge in [0.1, 0.15) is 0 Å². The fourth-order valence-electron chi connectivity index (χ4n) is 2.42. The molecule has 9 nitrogen and oxygen atoms in total. The highest BCUT2D eigenvalue weighted by atomic mass is 32.2. The summed E-state index contributed by atoms with van der Waals surface area (Å²) in [4.78, 5) is -0.540. The van der Waals surface area contributed by atoms with E-state index in [0.717, 1.165) is 10.4 Å². The van der Waals surface area contributed by atoms with Gasteiger partial charge < -0.3 is 0 Å². The first kappa shape index (κ1) is 23.3. The van der Waals surface area contributed by atoms with Gasteiger partial charge in [0.05, 0.1) is 20.4 Å². The van der Waals surface area contributed by atoms with Gasteiger partial charge in [-0.25, -0.2) is 34.3 Å². The quantitative estimate of drug-likeness (QED) is 0.639. The van der Waals surface area contributed by atoms with Crippen LogP contribution in [0.25, 0.3) is 0 Å². The van der Waals surface area contributed by atoms with Crippen molar-refractivity contribution in [2.24, 2.45) is 0 Å². The Bertz CT molecular complexity index is 1250. The second-order valence-electron chi connectivity index (χ2n) is 6.49. The lowest BCUT2D eigenvalue weighted by molar-refractivity contribution is 0.520. The average Bonchev–Trinajstić information content (AvgIpc) is 2.65. The molecular weight excluding hydrogens is 438 g/mol. The van der Waals surface area contributed by atoms with E-state index >= 15 is 0 Å². The molecule has 0 aliphatic heterocycles. The first-order valence-corrected chi connectivity index (χ1v) is 12.7. The highest BCUT2D eigenvalue weighted by molar-refractivity contribution is 7.93. The molecule has 0 aliphatic rings. The SMILES string of the molecule is CNS(=O)(=O)c1cccc(S(=O)(=O)Nc2cc(S(=O)(=O)N(C)C)cc(C)c2C)c1. The molecule has 2 N–H and O–H groups in total. The van der Waals surface area contributed by atoms with E-state index in [1.165, 1.54) is 51.5 Å². The number of rotatable bonds is 7. The highest BCUT2D eigenvalue weighted by Crippen LogP contribution is 2.28. The number of sulfonamides is 3. The van der Waals surface area contributed by atoms with E-state index in [0.29, 0.717) is 11.1 Å². The number of benzene rings is 2. The lowest BCUT2D eigenvalue weighted by atomic mass is 10.1. The zero-order chi connectivity index (χ0) is 22.2. The molecule has 0 saturated carbocycles. The van der Waals surface area contributed by atoms with Crippen molar-refractivity contribution in [1.82, 2.24) is 9.03 Å². The molecule has 0 atom stereocenters. The number of nitrogens with zero attached hydrogens (tertiary/aromatic N) is 1. The van der Waals surface area contributed by atoms with Gasteiger partial charge in [-0.05, 0) is 62.4 Å². The Labute approximate surface area is 171 Å². The number of hydrogen-bond acceptors (Lipinski definition) is 6. The molecule has 0 aliphatic carbocycles. The summed E-state index contributed by atoms with van der Waals surface area (Å²) in [5.74, 6) is 0. The fraction of sp³-hybridized carbons (Fsp3) is 0.294. The largest absolute Gasteiger partial charge is 0.279 e. The summed E-state index contributed by atoms with van der Waals surface area (Å²) in [6.07, 6.45) is 0. The summed E-state index contributed by atoms with van der Waals surface area (Å²) in [7, 11) is -7.81. The third-order valence-corrected chi connectivity index (χ3v) is 8.93. The Morgan fingerprint density at radius 2 is 1.34 bits per heavy atom. The van der Waals surface area contributed by atoms with Crippen molar-refractivity contribution >= 4 is 35.8 Å². The van der Waals surface area contributed by atoms with Crippen molar-refractivity contribution in [3.8, 4) is 0 Å². The summed E-state index contributed by atoms with van der Waals surface area (Å²) in [5.41, 5.74) is 1.22. The molecule has 0 heterocycles. The first-order valence-electron chi connectivity index (χ1n) is 8.32. The van der Waals surface area contributed by atoms with Crippen LogP contribution in [0.5, 0.6) is 0 Å². The van der Waals surface area contributed by atoms with Crippen LogP contribution in [0.15, 0.2) is 51.1 Å². The third kappa shape index (κ3) is 4.78. The highest BCUT2D eigenvalue weighted by Gasteiger charge is 2.23. The minimum absolute atomic E-state index is 0.0604. The van der Waals surface area contributed by atoms with E-state index in [9.17, 15) is 25.3 Å². The lowest BCUT2D eigenvalue weighted by Gasteiger charge is -2.17. The Morgan fingerprint density at radius 3 is 1.86 bits per heavy atom. The molecule has 0 unspecified atom stereocenters. The van der Waals surface area contributed by atoms with Crippen LogP contribution in [0.3, 0.4) is 0 Å². The normalized spacial score (nSPS) is 12.9. The third-order valence-electron chi connectivity index (χ3n) is 4.36.